The quantitative estimate of drug-likeness (QED) is 0.782. The SMILES string of the molecule is CCCNC(=O)C(C)OC(=O)C(C)Oc1ccc(Cl)cc1C. The standard InChI is InChI=1S/C16H22ClNO4/c1-5-8-18-15(19)11(3)22-16(20)12(4)21-14-7-6-13(17)9-10(14)2/h6-7,9,11-12H,5,8H2,1-4H3,(H,18,19). The molecular formula is C16H22ClNO4. The second-order valence-electron chi connectivity index (χ2n) is 5.04. The monoisotopic (exact) mass is 327 g/mol. The smallest absolute Gasteiger partial charge is 0.347 e. The lowest BCUT2D eigenvalue weighted by Crippen LogP contribution is -2.39. The molecule has 2 atom stereocenters. The first-order valence-electron chi connectivity index (χ1n) is 7.26. The number of ether oxygens (including phenoxy) is 2. The molecule has 1 amide bonds. The van der Waals surface area contributed by atoms with Crippen LogP contribution in [-0.4, -0.2) is 30.6 Å². The molecule has 6 heteroatoms. The number of esters is 1. The molecule has 0 aliphatic heterocycles. The van der Waals surface area contributed by atoms with E-state index in [4.69, 9.17) is 21.1 Å². The molecule has 0 aliphatic carbocycles. The number of nitrogens with one attached hydrogen (secondary N) is 1. The molecule has 2 unspecified atom stereocenters. The van der Waals surface area contributed by atoms with Gasteiger partial charge in [0, 0.05) is 11.6 Å². The van der Waals surface area contributed by atoms with E-state index in [9.17, 15) is 9.59 Å². The minimum absolute atomic E-state index is 0.315. The summed E-state index contributed by atoms with van der Waals surface area (Å²) in [5.41, 5.74) is 0.820. The maximum Gasteiger partial charge on any atom is 0.347 e. The molecule has 22 heavy (non-hydrogen) atoms. The van der Waals surface area contributed by atoms with Gasteiger partial charge in [-0.25, -0.2) is 4.79 Å². The summed E-state index contributed by atoms with van der Waals surface area (Å²) in [6.45, 7) is 7.44. The van der Waals surface area contributed by atoms with Crippen molar-refractivity contribution in [3.63, 3.8) is 0 Å². The third-order valence-electron chi connectivity index (χ3n) is 2.98. The summed E-state index contributed by atoms with van der Waals surface area (Å²) in [6.07, 6.45) is -0.848. The topological polar surface area (TPSA) is 64.6 Å². The van der Waals surface area contributed by atoms with Crippen LogP contribution in [0.15, 0.2) is 18.2 Å². The molecular weight excluding hydrogens is 306 g/mol. The van der Waals surface area contributed by atoms with Gasteiger partial charge < -0.3 is 14.8 Å². The first-order valence-corrected chi connectivity index (χ1v) is 7.64. The predicted molar refractivity (Wildman–Crippen MR) is 85.1 cm³/mol. The third-order valence-corrected chi connectivity index (χ3v) is 3.22. The number of amides is 1. The molecule has 0 radical (unpaired) electrons. The van der Waals surface area contributed by atoms with Gasteiger partial charge in [-0.1, -0.05) is 18.5 Å². The van der Waals surface area contributed by atoms with Crippen LogP contribution in [0.3, 0.4) is 0 Å². The fraction of sp³-hybridized carbons (Fsp3) is 0.500. The summed E-state index contributed by atoms with van der Waals surface area (Å²) in [6, 6.07) is 5.12. The van der Waals surface area contributed by atoms with E-state index in [0.29, 0.717) is 17.3 Å². The van der Waals surface area contributed by atoms with E-state index in [1.165, 1.54) is 6.92 Å². The van der Waals surface area contributed by atoms with Crippen LogP contribution in [0.2, 0.25) is 5.02 Å². The highest BCUT2D eigenvalue weighted by molar-refractivity contribution is 6.30. The number of benzene rings is 1. The Hall–Kier alpha value is -1.75. The zero-order chi connectivity index (χ0) is 16.7. The van der Waals surface area contributed by atoms with Crippen LogP contribution in [0.5, 0.6) is 5.75 Å². The van der Waals surface area contributed by atoms with Crippen molar-refractivity contribution in [2.45, 2.75) is 46.3 Å². The van der Waals surface area contributed by atoms with E-state index in [2.05, 4.69) is 5.32 Å². The van der Waals surface area contributed by atoms with E-state index in [-0.39, 0.29) is 5.91 Å². The van der Waals surface area contributed by atoms with Crippen molar-refractivity contribution >= 4 is 23.5 Å². The van der Waals surface area contributed by atoms with E-state index in [0.717, 1.165) is 12.0 Å². The lowest BCUT2D eigenvalue weighted by molar-refractivity contribution is -0.160. The van der Waals surface area contributed by atoms with Crippen molar-refractivity contribution in [3.8, 4) is 5.75 Å². The molecule has 122 valence electrons. The molecule has 0 spiro atoms. The van der Waals surface area contributed by atoms with Crippen LogP contribution < -0.4 is 10.1 Å². The van der Waals surface area contributed by atoms with Crippen molar-refractivity contribution in [1.82, 2.24) is 5.32 Å². The van der Waals surface area contributed by atoms with E-state index in [1.54, 1.807) is 25.1 Å². The first kappa shape index (κ1) is 18.3. The van der Waals surface area contributed by atoms with Crippen molar-refractivity contribution in [2.24, 2.45) is 0 Å². The molecule has 0 fully saturated rings. The van der Waals surface area contributed by atoms with E-state index < -0.39 is 18.2 Å². The summed E-state index contributed by atoms with van der Waals surface area (Å²) in [5.74, 6) is -0.351. The number of carbonyl (C=O) groups is 2. The van der Waals surface area contributed by atoms with Crippen LogP contribution in [0.25, 0.3) is 0 Å². The Morgan fingerprint density at radius 2 is 1.95 bits per heavy atom. The fourth-order valence-electron chi connectivity index (χ4n) is 1.70. The van der Waals surface area contributed by atoms with Crippen LogP contribution >= 0.6 is 11.6 Å². The Morgan fingerprint density at radius 1 is 1.27 bits per heavy atom. The van der Waals surface area contributed by atoms with Gasteiger partial charge in [0.15, 0.2) is 12.2 Å². The summed E-state index contributed by atoms with van der Waals surface area (Å²) in [4.78, 5) is 23.6. The number of halogens is 1. The van der Waals surface area contributed by atoms with Crippen molar-refractivity contribution in [2.75, 3.05) is 6.54 Å². The first-order chi connectivity index (χ1) is 10.3. The predicted octanol–water partition coefficient (Wildman–Crippen LogP) is 2.87. The van der Waals surface area contributed by atoms with Gasteiger partial charge in [0.25, 0.3) is 5.91 Å². The number of rotatable bonds is 7. The van der Waals surface area contributed by atoms with Gasteiger partial charge in [-0.3, -0.25) is 4.79 Å². The third kappa shape index (κ3) is 5.56. The van der Waals surface area contributed by atoms with Gasteiger partial charge in [0.1, 0.15) is 5.75 Å². The lowest BCUT2D eigenvalue weighted by Gasteiger charge is -2.18. The number of hydrogen-bond donors (Lipinski definition) is 1. The van der Waals surface area contributed by atoms with E-state index >= 15 is 0 Å². The molecule has 0 saturated carbocycles. The Labute approximate surface area is 135 Å². The second kappa shape index (κ2) is 8.63. The molecule has 1 N–H and O–H groups in total. The average molecular weight is 328 g/mol. The normalized spacial score (nSPS) is 13.1. The van der Waals surface area contributed by atoms with Gasteiger partial charge in [-0.2, -0.15) is 0 Å². The summed E-state index contributed by atoms with van der Waals surface area (Å²) >= 11 is 5.87. The van der Waals surface area contributed by atoms with Crippen molar-refractivity contribution < 1.29 is 19.1 Å². The highest BCUT2D eigenvalue weighted by atomic mass is 35.5. The minimum atomic E-state index is -0.851. The highest BCUT2D eigenvalue weighted by Crippen LogP contribution is 2.23. The Kier molecular flexibility index (Phi) is 7.18. The zero-order valence-electron chi connectivity index (χ0n) is 13.3. The largest absolute Gasteiger partial charge is 0.479 e. The van der Waals surface area contributed by atoms with Crippen LogP contribution in [0.1, 0.15) is 32.8 Å². The van der Waals surface area contributed by atoms with Crippen molar-refractivity contribution in [1.29, 1.82) is 0 Å². The molecule has 0 aromatic heterocycles. The molecule has 5 nitrogen and oxygen atoms in total. The summed E-state index contributed by atoms with van der Waals surface area (Å²) < 4.78 is 10.7. The summed E-state index contributed by atoms with van der Waals surface area (Å²) in [7, 11) is 0. The van der Waals surface area contributed by atoms with Gasteiger partial charge >= 0.3 is 5.97 Å². The number of aryl methyl sites for hydroxylation is 1. The summed E-state index contributed by atoms with van der Waals surface area (Å²) in [5, 5.41) is 3.27. The van der Waals surface area contributed by atoms with Gasteiger partial charge in [0.05, 0.1) is 0 Å². The molecule has 0 bridgehead atoms. The van der Waals surface area contributed by atoms with Gasteiger partial charge in [-0.15, -0.1) is 0 Å². The molecule has 0 heterocycles. The maximum atomic E-state index is 12.0. The van der Waals surface area contributed by atoms with E-state index in [1.807, 2.05) is 13.8 Å². The lowest BCUT2D eigenvalue weighted by atomic mass is 10.2. The molecule has 1 rings (SSSR count). The average Bonchev–Trinajstić information content (AvgIpc) is 2.47. The van der Waals surface area contributed by atoms with Crippen molar-refractivity contribution in [3.05, 3.63) is 28.8 Å². The highest BCUT2D eigenvalue weighted by Gasteiger charge is 2.23. The molecule has 1 aromatic carbocycles. The molecule has 1 aromatic rings. The maximum absolute atomic E-state index is 12.0. The fourth-order valence-corrected chi connectivity index (χ4v) is 1.93. The zero-order valence-corrected chi connectivity index (χ0v) is 14.1. The Morgan fingerprint density at radius 3 is 2.55 bits per heavy atom. The van der Waals surface area contributed by atoms with Gasteiger partial charge in [0.2, 0.25) is 0 Å². The Balaban J connectivity index is 2.56. The number of carbonyl (C=O) groups excluding carboxylic acids is 2. The molecule has 0 aliphatic rings. The van der Waals surface area contributed by atoms with Crippen LogP contribution in [0.4, 0.5) is 0 Å². The minimum Gasteiger partial charge on any atom is -0.479 e. The second-order valence-corrected chi connectivity index (χ2v) is 5.48. The van der Waals surface area contributed by atoms with Crippen LogP contribution in [-0.2, 0) is 14.3 Å². The van der Waals surface area contributed by atoms with Crippen LogP contribution in [0, 0.1) is 6.92 Å². The Bertz CT molecular complexity index is 533. The van der Waals surface area contributed by atoms with Gasteiger partial charge in [-0.05, 0) is 51.0 Å². The molecule has 0 saturated heterocycles. The number of hydrogen-bond acceptors (Lipinski definition) is 4.